The lowest BCUT2D eigenvalue weighted by atomic mass is 10.0. The van der Waals surface area contributed by atoms with Crippen LogP contribution in [-0.2, 0) is 5.54 Å². The summed E-state index contributed by atoms with van der Waals surface area (Å²) in [5.41, 5.74) is 5.70. The Kier molecular flexibility index (Phi) is 4.94. The summed E-state index contributed by atoms with van der Waals surface area (Å²) in [6.07, 6.45) is 9.15. The number of nitrogens with zero attached hydrogens (tertiary/aromatic N) is 3. The molecule has 34 heavy (non-hydrogen) atoms. The van der Waals surface area contributed by atoms with Gasteiger partial charge in [0, 0.05) is 23.7 Å². The Hall–Kier alpha value is -3.28. The zero-order chi connectivity index (χ0) is 23.4. The van der Waals surface area contributed by atoms with Gasteiger partial charge in [-0.15, -0.1) is 0 Å². The summed E-state index contributed by atoms with van der Waals surface area (Å²) in [4.78, 5) is 25.3. The van der Waals surface area contributed by atoms with Crippen molar-refractivity contribution in [3.05, 3.63) is 82.7 Å². The number of rotatable bonds is 5. The molecule has 0 bridgehead atoms. The average Bonchev–Trinajstić information content (AvgIpc) is 3.75. The fourth-order valence-electron chi connectivity index (χ4n) is 5.20. The van der Waals surface area contributed by atoms with E-state index in [2.05, 4.69) is 48.3 Å². The minimum absolute atomic E-state index is 0.184. The predicted octanol–water partition coefficient (Wildman–Crippen LogP) is 5.61. The number of nitrogens with one attached hydrogen (secondary N) is 1. The number of halogens is 1. The quantitative estimate of drug-likeness (QED) is 0.637. The minimum atomic E-state index is -0.427. The molecule has 174 valence electrons. The lowest BCUT2D eigenvalue weighted by Gasteiger charge is -2.31. The van der Waals surface area contributed by atoms with Crippen molar-refractivity contribution in [1.82, 2.24) is 10.3 Å². The topological polar surface area (TPSA) is 57.6 Å². The van der Waals surface area contributed by atoms with E-state index in [1.165, 1.54) is 29.8 Å². The largest absolute Gasteiger partial charge is 0.341 e. The fourth-order valence-corrected chi connectivity index (χ4v) is 5.20. The Morgan fingerprint density at radius 3 is 2.74 bits per heavy atom. The van der Waals surface area contributed by atoms with E-state index < -0.39 is 5.54 Å². The molecular weight excluding hydrogens is 427 g/mol. The van der Waals surface area contributed by atoms with Crippen molar-refractivity contribution < 1.29 is 9.18 Å². The predicted molar refractivity (Wildman–Crippen MR) is 131 cm³/mol. The van der Waals surface area contributed by atoms with Crippen LogP contribution in [0.25, 0.3) is 0 Å². The van der Waals surface area contributed by atoms with Gasteiger partial charge in [-0.05, 0) is 93.5 Å². The number of carbonyl (C=O) groups excluding carboxylic acids is 1. The molecule has 1 aromatic heterocycles. The lowest BCUT2D eigenvalue weighted by Crippen LogP contribution is -2.36. The van der Waals surface area contributed by atoms with Gasteiger partial charge in [0.1, 0.15) is 11.6 Å². The van der Waals surface area contributed by atoms with Crippen LogP contribution in [0, 0.1) is 11.7 Å². The van der Waals surface area contributed by atoms with E-state index in [1.807, 2.05) is 0 Å². The highest BCUT2D eigenvalue weighted by Gasteiger charge is 2.51. The number of aromatic nitrogens is 1. The van der Waals surface area contributed by atoms with E-state index in [0.717, 1.165) is 67.3 Å². The first-order valence-electron chi connectivity index (χ1n) is 12.3. The Labute approximate surface area is 199 Å². The van der Waals surface area contributed by atoms with E-state index in [9.17, 15) is 9.18 Å². The first-order chi connectivity index (χ1) is 16.5. The summed E-state index contributed by atoms with van der Waals surface area (Å²) in [7, 11) is 0. The molecule has 2 fully saturated rings. The van der Waals surface area contributed by atoms with Crippen LogP contribution in [0.4, 0.5) is 10.1 Å². The number of hydrogen-bond acceptors (Lipinski definition) is 4. The van der Waals surface area contributed by atoms with Gasteiger partial charge in [-0.2, -0.15) is 0 Å². The normalized spacial score (nSPS) is 24.1. The van der Waals surface area contributed by atoms with Crippen LogP contribution in [0.2, 0.25) is 0 Å². The van der Waals surface area contributed by atoms with Gasteiger partial charge in [0.05, 0.1) is 22.6 Å². The van der Waals surface area contributed by atoms with Crippen molar-refractivity contribution in [2.75, 3.05) is 11.4 Å². The number of benzene rings is 1. The molecule has 0 spiro atoms. The van der Waals surface area contributed by atoms with Gasteiger partial charge in [-0.3, -0.25) is 9.78 Å². The maximum absolute atomic E-state index is 13.3. The SMILES string of the molecule is CCC1=NC(N2CC3CC3c3nc(C4(NC(=O)c5ccc(F)cc5)CC4)ccc32)=CCC(C)=C1. The highest BCUT2D eigenvalue weighted by atomic mass is 19.1. The van der Waals surface area contributed by atoms with Crippen molar-refractivity contribution in [2.45, 2.75) is 57.4 Å². The van der Waals surface area contributed by atoms with Gasteiger partial charge >= 0.3 is 0 Å². The van der Waals surface area contributed by atoms with Crippen molar-refractivity contribution in [1.29, 1.82) is 0 Å². The molecule has 4 aliphatic rings. The molecule has 2 aliphatic heterocycles. The van der Waals surface area contributed by atoms with Gasteiger partial charge in [-0.25, -0.2) is 9.38 Å². The van der Waals surface area contributed by atoms with Crippen molar-refractivity contribution in [3.8, 4) is 0 Å². The van der Waals surface area contributed by atoms with E-state index in [-0.39, 0.29) is 11.7 Å². The second kappa shape index (κ2) is 7.90. The monoisotopic (exact) mass is 456 g/mol. The number of aliphatic imine (C=N–C) groups is 1. The molecule has 1 N–H and O–H groups in total. The lowest BCUT2D eigenvalue weighted by molar-refractivity contribution is 0.0929. The summed E-state index contributed by atoms with van der Waals surface area (Å²) < 4.78 is 13.3. The first kappa shape index (κ1) is 21.3. The third-order valence-electron chi connectivity index (χ3n) is 7.50. The third kappa shape index (κ3) is 3.75. The third-order valence-corrected chi connectivity index (χ3v) is 7.50. The number of fused-ring (bicyclic) bond motifs is 3. The zero-order valence-electron chi connectivity index (χ0n) is 19.6. The molecular formula is C28H29FN4O. The highest BCUT2D eigenvalue weighted by molar-refractivity contribution is 5.96. The van der Waals surface area contributed by atoms with Gasteiger partial charge in [0.2, 0.25) is 0 Å². The molecule has 2 aromatic rings. The molecule has 3 heterocycles. The second-order valence-electron chi connectivity index (χ2n) is 10.1. The van der Waals surface area contributed by atoms with Gasteiger partial charge in [0.15, 0.2) is 0 Å². The van der Waals surface area contributed by atoms with Gasteiger partial charge < -0.3 is 10.2 Å². The number of allylic oxidation sites excluding steroid dienone is 3. The standard InChI is InChI=1S/C28H29FN4O/c1-3-21-14-17(2)4-11-25(30-21)33-16-19-15-22(19)26-23(33)9-10-24(31-26)28(12-13-28)32-27(34)18-5-7-20(29)8-6-18/h5-11,14,19,22H,3-4,12-13,15-16H2,1-2H3,(H,32,34). The summed E-state index contributed by atoms with van der Waals surface area (Å²) in [6.45, 7) is 5.29. The Morgan fingerprint density at radius 1 is 1.21 bits per heavy atom. The molecule has 0 radical (unpaired) electrons. The molecule has 1 amide bonds. The zero-order valence-corrected chi connectivity index (χ0v) is 19.6. The Balaban J connectivity index is 1.29. The maximum atomic E-state index is 13.3. The molecule has 6 heteroatoms. The minimum Gasteiger partial charge on any atom is -0.341 e. The van der Waals surface area contributed by atoms with Crippen LogP contribution in [0.3, 0.4) is 0 Å². The summed E-state index contributed by atoms with van der Waals surface area (Å²) in [6, 6.07) is 9.92. The molecule has 0 saturated heterocycles. The van der Waals surface area contributed by atoms with E-state index >= 15 is 0 Å². The fraction of sp³-hybridized carbons (Fsp3) is 0.393. The van der Waals surface area contributed by atoms with E-state index in [1.54, 1.807) is 0 Å². The van der Waals surface area contributed by atoms with Crippen LogP contribution < -0.4 is 10.2 Å². The molecule has 6 rings (SSSR count). The molecule has 1 aromatic carbocycles. The molecule has 2 atom stereocenters. The van der Waals surface area contributed by atoms with Gasteiger partial charge in [0.25, 0.3) is 5.91 Å². The van der Waals surface area contributed by atoms with Crippen LogP contribution in [0.15, 0.2) is 64.9 Å². The van der Waals surface area contributed by atoms with E-state index in [0.29, 0.717) is 17.4 Å². The summed E-state index contributed by atoms with van der Waals surface area (Å²) >= 11 is 0. The molecule has 5 nitrogen and oxygen atoms in total. The second-order valence-corrected chi connectivity index (χ2v) is 10.1. The molecule has 2 aliphatic carbocycles. The highest BCUT2D eigenvalue weighted by Crippen LogP contribution is 2.56. The number of anilines is 1. The van der Waals surface area contributed by atoms with Crippen LogP contribution in [-0.4, -0.2) is 23.1 Å². The van der Waals surface area contributed by atoms with Crippen LogP contribution in [0.5, 0.6) is 0 Å². The van der Waals surface area contributed by atoms with Crippen molar-refractivity contribution in [2.24, 2.45) is 10.9 Å². The summed E-state index contributed by atoms with van der Waals surface area (Å²) in [5, 5.41) is 3.18. The average molecular weight is 457 g/mol. The van der Waals surface area contributed by atoms with Crippen molar-refractivity contribution in [3.63, 3.8) is 0 Å². The van der Waals surface area contributed by atoms with Crippen molar-refractivity contribution >= 4 is 17.3 Å². The van der Waals surface area contributed by atoms with Gasteiger partial charge in [-0.1, -0.05) is 12.5 Å². The Morgan fingerprint density at radius 2 is 2.00 bits per heavy atom. The molecule has 2 saturated carbocycles. The van der Waals surface area contributed by atoms with E-state index in [4.69, 9.17) is 9.98 Å². The van der Waals surface area contributed by atoms with Crippen LogP contribution >= 0.6 is 0 Å². The molecule has 2 unspecified atom stereocenters. The maximum Gasteiger partial charge on any atom is 0.252 e. The summed E-state index contributed by atoms with van der Waals surface area (Å²) in [5.74, 6) is 1.60. The number of amides is 1. The number of carbonyl (C=O) groups is 1. The number of pyridine rings is 1. The first-order valence-corrected chi connectivity index (χ1v) is 12.3. The number of hydrogen-bond donors (Lipinski definition) is 1. The Bertz CT molecular complexity index is 1260. The van der Waals surface area contributed by atoms with Crippen LogP contribution in [0.1, 0.15) is 73.6 Å². The smallest absolute Gasteiger partial charge is 0.252 e.